The predicted octanol–water partition coefficient (Wildman–Crippen LogP) is 2.32. The molecule has 124 valence electrons. The van der Waals surface area contributed by atoms with Crippen LogP contribution in [-0.4, -0.2) is 16.4 Å². The molecule has 24 heavy (non-hydrogen) atoms. The summed E-state index contributed by atoms with van der Waals surface area (Å²) < 4.78 is 1.53. The molecule has 0 fully saturated rings. The Hall–Kier alpha value is -2.89. The molecule has 2 amide bonds. The molecule has 1 aromatic carbocycles. The van der Waals surface area contributed by atoms with E-state index in [1.165, 1.54) is 4.57 Å². The summed E-state index contributed by atoms with van der Waals surface area (Å²) in [4.78, 5) is 36.3. The van der Waals surface area contributed by atoms with Crippen LogP contribution in [0.15, 0.2) is 47.4 Å². The largest absolute Gasteiger partial charge is 0.326 e. The molecule has 6 heteroatoms. The first-order valence-electron chi connectivity index (χ1n) is 7.96. The van der Waals surface area contributed by atoms with Crippen LogP contribution >= 0.6 is 0 Å². The summed E-state index contributed by atoms with van der Waals surface area (Å²) in [5.74, 6) is -0.554. The average molecular weight is 325 g/mol. The fraction of sp³-hybridized carbons (Fsp3) is 0.278. The summed E-state index contributed by atoms with van der Waals surface area (Å²) in [5, 5.41) is 5.49. The van der Waals surface area contributed by atoms with Crippen LogP contribution < -0.4 is 16.2 Å². The van der Waals surface area contributed by atoms with Crippen LogP contribution in [0.5, 0.6) is 0 Å². The van der Waals surface area contributed by atoms with Gasteiger partial charge in [-0.1, -0.05) is 18.2 Å². The third-order valence-corrected chi connectivity index (χ3v) is 4.17. The minimum Gasteiger partial charge on any atom is -0.326 e. The lowest BCUT2D eigenvalue weighted by Crippen LogP contribution is -2.28. The number of anilines is 2. The zero-order valence-electron chi connectivity index (χ0n) is 13.4. The highest BCUT2D eigenvalue weighted by molar-refractivity contribution is 5.97. The van der Waals surface area contributed by atoms with Gasteiger partial charge in [0.2, 0.25) is 11.8 Å². The lowest BCUT2D eigenvalue weighted by molar-refractivity contribution is -0.118. The zero-order chi connectivity index (χ0) is 17.1. The summed E-state index contributed by atoms with van der Waals surface area (Å²) in [5.41, 5.74) is 1.74. The number of nitrogens with zero attached hydrogens (tertiary/aromatic N) is 1. The Labute approximate surface area is 139 Å². The monoisotopic (exact) mass is 325 g/mol. The second-order valence-corrected chi connectivity index (χ2v) is 5.80. The van der Waals surface area contributed by atoms with Crippen molar-refractivity contribution in [1.82, 2.24) is 4.57 Å². The molecule has 0 aliphatic carbocycles. The molecule has 2 N–H and O–H groups in total. The van der Waals surface area contributed by atoms with Crippen LogP contribution in [0.1, 0.15) is 31.2 Å². The third kappa shape index (κ3) is 3.22. The fourth-order valence-corrected chi connectivity index (χ4v) is 2.99. The quantitative estimate of drug-likeness (QED) is 0.905. The Bertz CT molecular complexity index is 841. The van der Waals surface area contributed by atoms with Crippen LogP contribution in [0.2, 0.25) is 0 Å². The SMILES string of the molecule is CCn1cccc(NC(=O)CC2CC(=O)Nc3ccccc32)c1=O. The summed E-state index contributed by atoms with van der Waals surface area (Å²) in [6.07, 6.45) is 2.10. The minimum atomic E-state index is -0.268. The number of aromatic nitrogens is 1. The molecule has 3 rings (SSSR count). The lowest BCUT2D eigenvalue weighted by Gasteiger charge is -2.25. The third-order valence-electron chi connectivity index (χ3n) is 4.17. The van der Waals surface area contributed by atoms with E-state index in [9.17, 15) is 14.4 Å². The molecule has 1 aromatic heterocycles. The number of pyridine rings is 1. The molecule has 1 aliphatic rings. The molecule has 0 spiro atoms. The second-order valence-electron chi connectivity index (χ2n) is 5.80. The van der Waals surface area contributed by atoms with Crippen LogP contribution in [0.25, 0.3) is 0 Å². The topological polar surface area (TPSA) is 80.2 Å². The van der Waals surface area contributed by atoms with Gasteiger partial charge >= 0.3 is 0 Å². The maximum absolute atomic E-state index is 12.4. The van der Waals surface area contributed by atoms with E-state index >= 15 is 0 Å². The normalized spacial score (nSPS) is 16.2. The van der Waals surface area contributed by atoms with E-state index in [0.717, 1.165) is 11.3 Å². The van der Waals surface area contributed by atoms with Gasteiger partial charge in [0.05, 0.1) is 0 Å². The van der Waals surface area contributed by atoms with E-state index in [1.807, 2.05) is 31.2 Å². The first-order valence-corrected chi connectivity index (χ1v) is 7.96. The molecule has 2 aromatic rings. The number of para-hydroxylation sites is 1. The number of rotatable bonds is 4. The van der Waals surface area contributed by atoms with Crippen LogP contribution in [0.4, 0.5) is 11.4 Å². The molecule has 0 bridgehead atoms. The summed E-state index contributed by atoms with van der Waals surface area (Å²) >= 11 is 0. The first kappa shape index (κ1) is 16.0. The Morgan fingerprint density at radius 1 is 1.25 bits per heavy atom. The van der Waals surface area contributed by atoms with E-state index in [2.05, 4.69) is 10.6 Å². The standard InChI is InChI=1S/C18H19N3O3/c1-2-21-9-5-8-15(18(21)24)20-17(23)11-12-10-16(22)19-14-7-4-3-6-13(12)14/h3-9,12H,2,10-11H2,1H3,(H,19,22)(H,20,23). The van der Waals surface area contributed by atoms with Crippen molar-refractivity contribution in [2.24, 2.45) is 0 Å². The van der Waals surface area contributed by atoms with E-state index in [4.69, 9.17) is 0 Å². The molecular formula is C18H19N3O3. The van der Waals surface area contributed by atoms with Gasteiger partial charge in [-0.25, -0.2) is 0 Å². The molecule has 0 saturated heterocycles. The number of amides is 2. The van der Waals surface area contributed by atoms with Crippen molar-refractivity contribution in [2.45, 2.75) is 32.2 Å². The predicted molar refractivity (Wildman–Crippen MR) is 92.1 cm³/mol. The Kier molecular flexibility index (Phi) is 4.46. The van der Waals surface area contributed by atoms with E-state index in [1.54, 1.807) is 18.3 Å². The van der Waals surface area contributed by atoms with Gasteiger partial charge in [0.25, 0.3) is 5.56 Å². The molecule has 1 unspecified atom stereocenters. The van der Waals surface area contributed by atoms with Crippen molar-refractivity contribution < 1.29 is 9.59 Å². The highest BCUT2D eigenvalue weighted by Gasteiger charge is 2.26. The van der Waals surface area contributed by atoms with Crippen LogP contribution in [0, 0.1) is 0 Å². The van der Waals surface area contributed by atoms with Gasteiger partial charge in [0.15, 0.2) is 0 Å². The van der Waals surface area contributed by atoms with Crippen molar-refractivity contribution in [3.8, 4) is 0 Å². The smallest absolute Gasteiger partial charge is 0.274 e. The molecule has 0 radical (unpaired) electrons. The number of carbonyl (C=O) groups is 2. The zero-order valence-corrected chi connectivity index (χ0v) is 13.4. The Balaban J connectivity index is 1.76. The van der Waals surface area contributed by atoms with Gasteiger partial charge in [-0.3, -0.25) is 14.4 Å². The number of fused-ring (bicyclic) bond motifs is 1. The summed E-state index contributed by atoms with van der Waals surface area (Å²) in [6, 6.07) is 10.8. The van der Waals surface area contributed by atoms with E-state index < -0.39 is 0 Å². The van der Waals surface area contributed by atoms with Gasteiger partial charge in [0.1, 0.15) is 5.69 Å². The van der Waals surface area contributed by atoms with Crippen LogP contribution in [-0.2, 0) is 16.1 Å². The van der Waals surface area contributed by atoms with Crippen molar-refractivity contribution in [1.29, 1.82) is 0 Å². The molecule has 0 saturated carbocycles. The lowest BCUT2D eigenvalue weighted by atomic mass is 9.88. The maximum atomic E-state index is 12.4. The summed E-state index contributed by atoms with van der Waals surface area (Å²) in [7, 11) is 0. The highest BCUT2D eigenvalue weighted by Crippen LogP contribution is 2.34. The minimum absolute atomic E-state index is 0.0976. The van der Waals surface area contributed by atoms with Crippen molar-refractivity contribution in [3.63, 3.8) is 0 Å². The Morgan fingerprint density at radius 3 is 2.83 bits per heavy atom. The molecule has 1 aliphatic heterocycles. The molecule has 1 atom stereocenters. The van der Waals surface area contributed by atoms with Crippen molar-refractivity contribution in [3.05, 3.63) is 58.5 Å². The van der Waals surface area contributed by atoms with Gasteiger partial charge in [-0.15, -0.1) is 0 Å². The maximum Gasteiger partial charge on any atom is 0.274 e. The number of aryl methyl sites for hydroxylation is 1. The number of benzene rings is 1. The van der Waals surface area contributed by atoms with Crippen molar-refractivity contribution in [2.75, 3.05) is 10.6 Å². The highest BCUT2D eigenvalue weighted by atomic mass is 16.2. The van der Waals surface area contributed by atoms with Gasteiger partial charge < -0.3 is 15.2 Å². The van der Waals surface area contributed by atoms with E-state index in [-0.39, 0.29) is 41.8 Å². The number of carbonyl (C=O) groups excluding carboxylic acids is 2. The van der Waals surface area contributed by atoms with Gasteiger partial charge in [0, 0.05) is 37.2 Å². The van der Waals surface area contributed by atoms with Crippen molar-refractivity contribution >= 4 is 23.2 Å². The van der Waals surface area contributed by atoms with E-state index in [0.29, 0.717) is 6.54 Å². The average Bonchev–Trinajstić information content (AvgIpc) is 2.56. The van der Waals surface area contributed by atoms with Crippen LogP contribution in [0.3, 0.4) is 0 Å². The Morgan fingerprint density at radius 2 is 2.04 bits per heavy atom. The fourth-order valence-electron chi connectivity index (χ4n) is 2.99. The molecule has 2 heterocycles. The molecule has 6 nitrogen and oxygen atoms in total. The van der Waals surface area contributed by atoms with Gasteiger partial charge in [-0.05, 0) is 30.7 Å². The number of hydrogen-bond donors (Lipinski definition) is 2. The summed E-state index contributed by atoms with van der Waals surface area (Å²) in [6.45, 7) is 2.41. The number of nitrogens with one attached hydrogen (secondary N) is 2. The molecular weight excluding hydrogens is 306 g/mol. The van der Waals surface area contributed by atoms with Gasteiger partial charge in [-0.2, -0.15) is 0 Å². The second kappa shape index (κ2) is 6.70. The first-order chi connectivity index (χ1) is 11.6. The number of hydrogen-bond acceptors (Lipinski definition) is 3.